The SMILES string of the molecule is CCOc1ccccc1Cn1cc(CCCCN)nn1. The van der Waals surface area contributed by atoms with Crippen LogP contribution in [0.4, 0.5) is 0 Å². The van der Waals surface area contributed by atoms with E-state index < -0.39 is 0 Å². The van der Waals surface area contributed by atoms with E-state index in [2.05, 4.69) is 16.4 Å². The summed E-state index contributed by atoms with van der Waals surface area (Å²) in [5.74, 6) is 0.912. The lowest BCUT2D eigenvalue weighted by Crippen LogP contribution is -2.03. The van der Waals surface area contributed by atoms with Crippen molar-refractivity contribution in [2.75, 3.05) is 13.2 Å². The molecule has 0 aliphatic heterocycles. The molecular weight excluding hydrogens is 252 g/mol. The fourth-order valence-electron chi connectivity index (χ4n) is 2.09. The maximum Gasteiger partial charge on any atom is 0.124 e. The number of aryl methyl sites for hydroxylation is 1. The number of hydrogen-bond acceptors (Lipinski definition) is 4. The lowest BCUT2D eigenvalue weighted by Gasteiger charge is -2.09. The molecule has 0 bridgehead atoms. The summed E-state index contributed by atoms with van der Waals surface area (Å²) in [7, 11) is 0. The van der Waals surface area contributed by atoms with Crippen LogP contribution in [0.15, 0.2) is 30.5 Å². The zero-order valence-corrected chi connectivity index (χ0v) is 12.0. The zero-order chi connectivity index (χ0) is 14.2. The van der Waals surface area contributed by atoms with Crippen LogP contribution in [-0.2, 0) is 13.0 Å². The molecule has 0 amide bonds. The molecule has 0 unspecified atom stereocenters. The molecule has 0 radical (unpaired) electrons. The highest BCUT2D eigenvalue weighted by molar-refractivity contribution is 5.33. The number of aromatic nitrogens is 3. The van der Waals surface area contributed by atoms with Crippen molar-refractivity contribution >= 4 is 0 Å². The molecule has 0 atom stereocenters. The maximum absolute atomic E-state index is 5.62. The summed E-state index contributed by atoms with van der Waals surface area (Å²) in [6.07, 6.45) is 5.02. The van der Waals surface area contributed by atoms with Crippen LogP contribution in [0.2, 0.25) is 0 Å². The molecule has 2 rings (SSSR count). The molecule has 0 fully saturated rings. The number of unbranched alkanes of at least 4 members (excludes halogenated alkanes) is 1. The van der Waals surface area contributed by atoms with E-state index >= 15 is 0 Å². The van der Waals surface area contributed by atoms with E-state index in [4.69, 9.17) is 10.5 Å². The number of para-hydroxylation sites is 1. The van der Waals surface area contributed by atoms with Crippen LogP contribution in [0.5, 0.6) is 5.75 Å². The average molecular weight is 274 g/mol. The van der Waals surface area contributed by atoms with Gasteiger partial charge in [-0.2, -0.15) is 0 Å². The van der Waals surface area contributed by atoms with Gasteiger partial charge in [0.2, 0.25) is 0 Å². The van der Waals surface area contributed by atoms with Crippen molar-refractivity contribution in [1.82, 2.24) is 15.0 Å². The van der Waals surface area contributed by atoms with Gasteiger partial charge in [0.15, 0.2) is 0 Å². The molecule has 5 nitrogen and oxygen atoms in total. The minimum Gasteiger partial charge on any atom is -0.494 e. The van der Waals surface area contributed by atoms with Gasteiger partial charge in [-0.15, -0.1) is 5.10 Å². The Balaban J connectivity index is 1.99. The number of hydrogen-bond donors (Lipinski definition) is 1. The van der Waals surface area contributed by atoms with E-state index in [1.54, 1.807) is 0 Å². The predicted molar refractivity (Wildman–Crippen MR) is 78.7 cm³/mol. The van der Waals surface area contributed by atoms with Gasteiger partial charge in [0, 0.05) is 11.8 Å². The molecule has 5 heteroatoms. The Hall–Kier alpha value is -1.88. The van der Waals surface area contributed by atoms with Gasteiger partial charge in [-0.3, -0.25) is 0 Å². The van der Waals surface area contributed by atoms with Crippen LogP contribution in [0.25, 0.3) is 0 Å². The fourth-order valence-corrected chi connectivity index (χ4v) is 2.09. The standard InChI is InChI=1S/C15H22N4O/c1-2-20-15-9-4-3-7-13(15)11-19-12-14(17-18-19)8-5-6-10-16/h3-4,7,9,12H,2,5-6,8,10-11,16H2,1H3. The molecule has 2 N–H and O–H groups in total. The Morgan fingerprint density at radius 3 is 2.90 bits per heavy atom. The Bertz CT molecular complexity index is 524. The minimum atomic E-state index is 0.665. The monoisotopic (exact) mass is 274 g/mol. The first-order chi connectivity index (χ1) is 9.83. The topological polar surface area (TPSA) is 66.0 Å². The number of nitrogens with two attached hydrogens (primary N) is 1. The molecule has 20 heavy (non-hydrogen) atoms. The Labute approximate surface area is 119 Å². The molecule has 1 aromatic heterocycles. The van der Waals surface area contributed by atoms with E-state index in [1.807, 2.05) is 36.0 Å². The van der Waals surface area contributed by atoms with Crippen LogP contribution >= 0.6 is 0 Å². The Morgan fingerprint density at radius 2 is 2.10 bits per heavy atom. The van der Waals surface area contributed by atoms with Gasteiger partial charge >= 0.3 is 0 Å². The summed E-state index contributed by atoms with van der Waals surface area (Å²) < 4.78 is 7.48. The highest BCUT2D eigenvalue weighted by Crippen LogP contribution is 2.18. The summed E-state index contributed by atoms with van der Waals surface area (Å²) in [6.45, 7) is 4.07. The molecule has 0 saturated carbocycles. The summed E-state index contributed by atoms with van der Waals surface area (Å²) in [5, 5.41) is 8.36. The molecule has 0 aliphatic rings. The number of nitrogens with zero attached hydrogens (tertiary/aromatic N) is 3. The second-order valence-corrected chi connectivity index (χ2v) is 4.69. The smallest absolute Gasteiger partial charge is 0.124 e. The fraction of sp³-hybridized carbons (Fsp3) is 0.467. The van der Waals surface area contributed by atoms with Gasteiger partial charge in [-0.25, -0.2) is 4.68 Å². The third-order valence-corrected chi connectivity index (χ3v) is 3.08. The van der Waals surface area contributed by atoms with Crippen LogP contribution < -0.4 is 10.5 Å². The van der Waals surface area contributed by atoms with Crippen molar-refractivity contribution in [2.24, 2.45) is 5.73 Å². The van der Waals surface area contributed by atoms with Crippen LogP contribution in [0.3, 0.4) is 0 Å². The third-order valence-electron chi connectivity index (χ3n) is 3.08. The van der Waals surface area contributed by atoms with E-state index in [-0.39, 0.29) is 0 Å². The lowest BCUT2D eigenvalue weighted by atomic mass is 10.2. The molecule has 0 aliphatic carbocycles. The zero-order valence-electron chi connectivity index (χ0n) is 12.0. The van der Waals surface area contributed by atoms with Crippen molar-refractivity contribution in [3.63, 3.8) is 0 Å². The molecule has 2 aromatic rings. The van der Waals surface area contributed by atoms with E-state index in [0.717, 1.165) is 42.8 Å². The summed E-state index contributed by atoms with van der Waals surface area (Å²) >= 11 is 0. The first-order valence-corrected chi connectivity index (χ1v) is 7.13. The van der Waals surface area contributed by atoms with E-state index in [0.29, 0.717) is 13.2 Å². The van der Waals surface area contributed by atoms with Crippen molar-refractivity contribution < 1.29 is 4.74 Å². The van der Waals surface area contributed by atoms with E-state index in [9.17, 15) is 0 Å². The van der Waals surface area contributed by atoms with Crippen LogP contribution in [0, 0.1) is 0 Å². The van der Waals surface area contributed by atoms with Gasteiger partial charge in [-0.05, 0) is 38.8 Å². The molecule has 1 heterocycles. The summed E-state index contributed by atoms with van der Waals surface area (Å²) in [4.78, 5) is 0. The average Bonchev–Trinajstić information content (AvgIpc) is 2.89. The van der Waals surface area contributed by atoms with Crippen molar-refractivity contribution in [3.8, 4) is 5.75 Å². The minimum absolute atomic E-state index is 0.665. The molecule has 1 aromatic carbocycles. The quantitative estimate of drug-likeness (QED) is 0.748. The second-order valence-electron chi connectivity index (χ2n) is 4.69. The molecule has 108 valence electrons. The highest BCUT2D eigenvalue weighted by Gasteiger charge is 2.06. The maximum atomic E-state index is 5.62. The first-order valence-electron chi connectivity index (χ1n) is 7.13. The number of ether oxygens (including phenoxy) is 1. The normalized spacial score (nSPS) is 10.7. The number of rotatable bonds is 8. The lowest BCUT2D eigenvalue weighted by molar-refractivity contribution is 0.335. The van der Waals surface area contributed by atoms with E-state index in [1.165, 1.54) is 0 Å². The van der Waals surface area contributed by atoms with Gasteiger partial charge < -0.3 is 10.5 Å². The van der Waals surface area contributed by atoms with Gasteiger partial charge in [0.05, 0.1) is 18.8 Å². The molecule has 0 saturated heterocycles. The highest BCUT2D eigenvalue weighted by atomic mass is 16.5. The van der Waals surface area contributed by atoms with Crippen LogP contribution in [-0.4, -0.2) is 28.1 Å². The van der Waals surface area contributed by atoms with Gasteiger partial charge in [0.1, 0.15) is 5.75 Å². The largest absolute Gasteiger partial charge is 0.494 e. The molecule has 0 spiro atoms. The van der Waals surface area contributed by atoms with Gasteiger partial charge in [-0.1, -0.05) is 23.4 Å². The molecular formula is C15H22N4O. The first kappa shape index (κ1) is 14.5. The Kier molecular flexibility index (Phi) is 5.55. The number of benzene rings is 1. The summed E-state index contributed by atoms with van der Waals surface area (Å²) in [6, 6.07) is 8.03. The second kappa shape index (κ2) is 7.65. The summed E-state index contributed by atoms with van der Waals surface area (Å²) in [5.41, 5.74) is 7.63. The van der Waals surface area contributed by atoms with Gasteiger partial charge in [0.25, 0.3) is 0 Å². The Morgan fingerprint density at radius 1 is 1.25 bits per heavy atom. The van der Waals surface area contributed by atoms with Crippen LogP contribution in [0.1, 0.15) is 31.0 Å². The third kappa shape index (κ3) is 4.06. The van der Waals surface area contributed by atoms with Crippen molar-refractivity contribution in [3.05, 3.63) is 41.7 Å². The predicted octanol–water partition coefficient (Wildman–Crippen LogP) is 2.01. The van der Waals surface area contributed by atoms with Crippen molar-refractivity contribution in [1.29, 1.82) is 0 Å². The van der Waals surface area contributed by atoms with Crippen molar-refractivity contribution in [2.45, 2.75) is 32.7 Å².